The first kappa shape index (κ1) is 33.4. The maximum atomic E-state index is 14.6. The van der Waals surface area contributed by atoms with Crippen molar-refractivity contribution >= 4 is 17.9 Å². The standard InChI is InChI=1S/C42H42N4O3/c1-49-38-22-17-33(18-23-38)19-24-41(47)46(32-36-15-20-37(21-16-36)39-14-8-9-25-43-39)40(30-34-10-4-2-5-11-34)42(48)45-28-26-44(27-29-45)31-35-12-6-3-7-13-35/h2-25,40H,26-32H2,1H3/t40-/m0/s1. The molecule has 4 aromatic carbocycles. The van der Waals surface area contributed by atoms with Crippen molar-refractivity contribution in [1.29, 1.82) is 0 Å². The number of benzene rings is 4. The number of rotatable bonds is 12. The fourth-order valence-corrected chi connectivity index (χ4v) is 6.18. The van der Waals surface area contributed by atoms with Crippen molar-refractivity contribution in [3.05, 3.63) is 162 Å². The Morgan fingerprint density at radius 2 is 1.41 bits per heavy atom. The van der Waals surface area contributed by atoms with Crippen LogP contribution >= 0.6 is 0 Å². The molecule has 7 heteroatoms. The second-order valence-electron chi connectivity index (χ2n) is 12.3. The Labute approximate surface area is 289 Å². The first-order valence-corrected chi connectivity index (χ1v) is 16.8. The maximum Gasteiger partial charge on any atom is 0.247 e. The van der Waals surface area contributed by atoms with Crippen molar-refractivity contribution in [3.8, 4) is 17.0 Å². The van der Waals surface area contributed by atoms with Crippen molar-refractivity contribution in [2.75, 3.05) is 33.3 Å². The van der Waals surface area contributed by atoms with Gasteiger partial charge in [0.15, 0.2) is 0 Å². The van der Waals surface area contributed by atoms with E-state index >= 15 is 0 Å². The van der Waals surface area contributed by atoms with Gasteiger partial charge in [0.25, 0.3) is 0 Å². The van der Waals surface area contributed by atoms with Crippen molar-refractivity contribution in [1.82, 2.24) is 19.7 Å². The molecule has 0 spiro atoms. The average Bonchev–Trinajstić information content (AvgIpc) is 3.17. The highest BCUT2D eigenvalue weighted by Gasteiger charge is 2.34. The second kappa shape index (κ2) is 16.5. The summed E-state index contributed by atoms with van der Waals surface area (Å²) in [6.45, 7) is 3.91. The lowest BCUT2D eigenvalue weighted by molar-refractivity contribution is -0.145. The van der Waals surface area contributed by atoms with Crippen molar-refractivity contribution < 1.29 is 14.3 Å². The molecule has 0 bridgehead atoms. The van der Waals surface area contributed by atoms with Gasteiger partial charge >= 0.3 is 0 Å². The highest BCUT2D eigenvalue weighted by molar-refractivity contribution is 5.95. The highest BCUT2D eigenvalue weighted by atomic mass is 16.5. The number of methoxy groups -OCH3 is 1. The van der Waals surface area contributed by atoms with E-state index in [-0.39, 0.29) is 18.4 Å². The molecule has 1 aliphatic rings. The summed E-state index contributed by atoms with van der Waals surface area (Å²) in [6.07, 6.45) is 5.57. The zero-order valence-corrected chi connectivity index (χ0v) is 27.9. The van der Waals surface area contributed by atoms with E-state index < -0.39 is 6.04 Å². The number of piperazine rings is 1. The first-order chi connectivity index (χ1) is 24.1. The van der Waals surface area contributed by atoms with E-state index in [9.17, 15) is 9.59 Å². The Morgan fingerprint density at radius 3 is 2.04 bits per heavy atom. The number of aromatic nitrogens is 1. The van der Waals surface area contributed by atoms with Gasteiger partial charge in [-0.3, -0.25) is 19.5 Å². The van der Waals surface area contributed by atoms with Gasteiger partial charge in [-0.25, -0.2) is 0 Å². The summed E-state index contributed by atoms with van der Waals surface area (Å²) in [7, 11) is 1.63. The molecular weight excluding hydrogens is 608 g/mol. The van der Waals surface area contributed by atoms with Crippen LogP contribution in [0.15, 0.2) is 140 Å². The molecule has 7 nitrogen and oxygen atoms in total. The SMILES string of the molecule is COc1ccc(C=CC(=O)N(Cc2ccc(-c3ccccn3)cc2)[C@@H](Cc2ccccc2)C(=O)N2CCN(Cc3ccccc3)CC2)cc1. The van der Waals surface area contributed by atoms with Gasteiger partial charge in [-0.05, 0) is 52.6 Å². The minimum absolute atomic E-state index is 0.0282. The van der Waals surface area contributed by atoms with Gasteiger partial charge in [0, 0.05) is 63.5 Å². The zero-order valence-electron chi connectivity index (χ0n) is 27.9. The molecule has 1 saturated heterocycles. The number of carbonyl (C=O) groups excluding carboxylic acids is 2. The average molecular weight is 651 g/mol. The number of amides is 2. The molecule has 1 fully saturated rings. The van der Waals surface area contributed by atoms with Gasteiger partial charge in [0.1, 0.15) is 11.8 Å². The molecule has 6 rings (SSSR count). The molecule has 49 heavy (non-hydrogen) atoms. The molecule has 0 unspecified atom stereocenters. The predicted molar refractivity (Wildman–Crippen MR) is 194 cm³/mol. The molecular formula is C42H42N4O3. The normalized spacial score (nSPS) is 14.0. The number of hydrogen-bond acceptors (Lipinski definition) is 5. The summed E-state index contributed by atoms with van der Waals surface area (Å²) < 4.78 is 5.30. The van der Waals surface area contributed by atoms with E-state index in [1.807, 2.05) is 108 Å². The molecule has 2 amide bonds. The van der Waals surface area contributed by atoms with Gasteiger partial charge in [0.2, 0.25) is 11.8 Å². The third-order valence-electron chi connectivity index (χ3n) is 8.95. The lowest BCUT2D eigenvalue weighted by Gasteiger charge is -2.39. The molecule has 0 radical (unpaired) electrons. The number of pyridine rings is 1. The van der Waals surface area contributed by atoms with Crippen LogP contribution in [0.2, 0.25) is 0 Å². The molecule has 0 N–H and O–H groups in total. The van der Waals surface area contributed by atoms with Crippen molar-refractivity contribution in [2.45, 2.75) is 25.6 Å². The molecule has 0 aliphatic carbocycles. The van der Waals surface area contributed by atoms with E-state index in [1.165, 1.54) is 5.56 Å². The lowest BCUT2D eigenvalue weighted by atomic mass is 10.0. The Balaban J connectivity index is 1.27. The largest absolute Gasteiger partial charge is 0.497 e. The summed E-state index contributed by atoms with van der Waals surface area (Å²) in [5, 5.41) is 0. The van der Waals surface area contributed by atoms with Crippen LogP contribution in [0.4, 0.5) is 0 Å². The van der Waals surface area contributed by atoms with E-state index in [2.05, 4.69) is 34.1 Å². The van der Waals surface area contributed by atoms with E-state index in [0.717, 1.165) is 53.3 Å². The Bertz CT molecular complexity index is 1800. The highest BCUT2D eigenvalue weighted by Crippen LogP contribution is 2.22. The van der Waals surface area contributed by atoms with Crippen LogP contribution in [0.3, 0.4) is 0 Å². The van der Waals surface area contributed by atoms with Crippen LogP contribution in [0.25, 0.3) is 17.3 Å². The molecule has 1 aliphatic heterocycles. The minimum Gasteiger partial charge on any atom is -0.497 e. The van der Waals surface area contributed by atoms with Gasteiger partial charge in [-0.2, -0.15) is 0 Å². The quantitative estimate of drug-likeness (QED) is 0.140. The third kappa shape index (κ3) is 9.09. The predicted octanol–water partition coefficient (Wildman–Crippen LogP) is 6.75. The summed E-state index contributed by atoms with van der Waals surface area (Å²) >= 11 is 0. The van der Waals surface area contributed by atoms with Crippen LogP contribution < -0.4 is 4.74 Å². The van der Waals surface area contributed by atoms with Crippen molar-refractivity contribution in [3.63, 3.8) is 0 Å². The van der Waals surface area contributed by atoms with Gasteiger partial charge in [0.05, 0.1) is 12.8 Å². The smallest absolute Gasteiger partial charge is 0.247 e. The number of nitrogens with zero attached hydrogens (tertiary/aromatic N) is 4. The molecule has 1 aromatic heterocycles. The Kier molecular flexibility index (Phi) is 11.3. The van der Waals surface area contributed by atoms with Gasteiger partial charge < -0.3 is 14.5 Å². The third-order valence-corrected chi connectivity index (χ3v) is 8.95. The Hall–Kier alpha value is -5.53. The summed E-state index contributed by atoms with van der Waals surface area (Å²) in [5.74, 6) is 0.498. The number of ether oxygens (including phenoxy) is 1. The van der Waals surface area contributed by atoms with Crippen LogP contribution in [-0.4, -0.2) is 70.8 Å². The van der Waals surface area contributed by atoms with Crippen LogP contribution in [0, 0.1) is 0 Å². The molecule has 0 saturated carbocycles. The van der Waals surface area contributed by atoms with Crippen molar-refractivity contribution in [2.24, 2.45) is 0 Å². The zero-order chi connectivity index (χ0) is 33.8. The number of hydrogen-bond donors (Lipinski definition) is 0. The summed E-state index contributed by atoms with van der Waals surface area (Å²) in [6, 6.07) is 41.2. The second-order valence-corrected chi connectivity index (χ2v) is 12.3. The Morgan fingerprint density at radius 1 is 0.755 bits per heavy atom. The van der Waals surface area contributed by atoms with Crippen LogP contribution in [0.5, 0.6) is 5.75 Å². The molecule has 5 aromatic rings. The molecule has 1 atom stereocenters. The number of carbonyl (C=O) groups is 2. The van der Waals surface area contributed by atoms with Gasteiger partial charge in [-0.15, -0.1) is 0 Å². The fraction of sp³-hybridized carbons (Fsp3) is 0.214. The molecule has 2 heterocycles. The molecule has 248 valence electrons. The summed E-state index contributed by atoms with van der Waals surface area (Å²) in [5.41, 5.74) is 5.95. The first-order valence-electron chi connectivity index (χ1n) is 16.8. The van der Waals surface area contributed by atoms with Crippen LogP contribution in [0.1, 0.15) is 22.3 Å². The van der Waals surface area contributed by atoms with Crippen LogP contribution in [-0.2, 0) is 29.1 Å². The maximum absolute atomic E-state index is 14.6. The lowest BCUT2D eigenvalue weighted by Crippen LogP contribution is -2.56. The van der Waals surface area contributed by atoms with E-state index in [4.69, 9.17) is 4.74 Å². The van der Waals surface area contributed by atoms with E-state index in [1.54, 1.807) is 30.4 Å². The fourth-order valence-electron chi connectivity index (χ4n) is 6.18. The monoisotopic (exact) mass is 650 g/mol. The summed E-state index contributed by atoms with van der Waals surface area (Å²) in [4.78, 5) is 39.3. The van der Waals surface area contributed by atoms with Gasteiger partial charge in [-0.1, -0.05) is 103 Å². The topological polar surface area (TPSA) is 66.0 Å². The van der Waals surface area contributed by atoms with E-state index in [0.29, 0.717) is 19.5 Å². The minimum atomic E-state index is -0.688.